The minimum Gasteiger partial charge on any atom is -0.383 e. The smallest absolute Gasteiger partial charge is 0.134 e. The predicted molar refractivity (Wildman–Crippen MR) is 70.2 cm³/mol. The summed E-state index contributed by atoms with van der Waals surface area (Å²) < 4.78 is 5.27. The monoisotopic (exact) mass is 238 g/mol. The molecule has 17 heavy (non-hydrogen) atoms. The largest absolute Gasteiger partial charge is 0.383 e. The number of ether oxygens (including phenoxy) is 1. The zero-order valence-corrected chi connectivity index (χ0v) is 10.9. The average Bonchev–Trinajstić information content (AvgIpc) is 2.31. The Hall–Kier alpha value is -1.36. The third kappa shape index (κ3) is 4.19. The van der Waals surface area contributed by atoms with E-state index in [0.717, 1.165) is 43.2 Å². The summed E-state index contributed by atoms with van der Waals surface area (Å²) in [5, 5.41) is 3.23. The lowest BCUT2D eigenvalue weighted by molar-refractivity contribution is 0.158. The van der Waals surface area contributed by atoms with Crippen LogP contribution in [-0.4, -0.2) is 29.7 Å². The second kappa shape index (κ2) is 7.06. The fraction of sp³-hybridized carbons (Fsp3) is 0.667. The molecule has 0 saturated carbocycles. The molecular weight excluding hydrogens is 216 g/mol. The Bertz CT molecular complexity index is 355. The van der Waals surface area contributed by atoms with Gasteiger partial charge in [0.1, 0.15) is 17.5 Å². The fourth-order valence-corrected chi connectivity index (χ4v) is 1.48. The van der Waals surface area contributed by atoms with Gasteiger partial charge in [-0.25, -0.2) is 9.97 Å². The molecular formula is C12H22N4O. The van der Waals surface area contributed by atoms with Crippen LogP contribution in [0.3, 0.4) is 0 Å². The van der Waals surface area contributed by atoms with E-state index in [9.17, 15) is 0 Å². The van der Waals surface area contributed by atoms with Crippen LogP contribution in [0, 0.1) is 6.92 Å². The summed E-state index contributed by atoms with van der Waals surface area (Å²) in [5.41, 5.74) is 6.76. The highest BCUT2D eigenvalue weighted by Gasteiger charge is 2.07. The van der Waals surface area contributed by atoms with Crippen LogP contribution in [0.1, 0.15) is 31.7 Å². The minimum absolute atomic E-state index is 0.558. The van der Waals surface area contributed by atoms with Crippen molar-refractivity contribution in [3.05, 3.63) is 11.4 Å². The maximum Gasteiger partial charge on any atom is 0.134 e. The molecule has 0 aromatic carbocycles. The van der Waals surface area contributed by atoms with Gasteiger partial charge in [0.05, 0.1) is 6.61 Å². The molecule has 1 heterocycles. The Kier molecular flexibility index (Phi) is 5.69. The highest BCUT2D eigenvalue weighted by Crippen LogP contribution is 2.17. The summed E-state index contributed by atoms with van der Waals surface area (Å²) in [7, 11) is 0. The van der Waals surface area contributed by atoms with Crippen LogP contribution in [-0.2, 0) is 11.2 Å². The van der Waals surface area contributed by atoms with Gasteiger partial charge in [-0.3, -0.25) is 0 Å². The summed E-state index contributed by atoms with van der Waals surface area (Å²) >= 11 is 0. The molecule has 1 aromatic heterocycles. The van der Waals surface area contributed by atoms with E-state index in [1.54, 1.807) is 0 Å². The summed E-state index contributed by atoms with van der Waals surface area (Å²) in [6.07, 6.45) is 1.87. The summed E-state index contributed by atoms with van der Waals surface area (Å²) in [5.74, 6) is 2.18. The molecule has 0 bridgehead atoms. The topological polar surface area (TPSA) is 73.1 Å². The molecule has 0 aliphatic rings. The Labute approximate surface area is 103 Å². The fourth-order valence-electron chi connectivity index (χ4n) is 1.48. The first kappa shape index (κ1) is 13.7. The molecule has 1 rings (SSSR count). The van der Waals surface area contributed by atoms with Crippen LogP contribution in [0.25, 0.3) is 0 Å². The quantitative estimate of drug-likeness (QED) is 0.708. The van der Waals surface area contributed by atoms with Gasteiger partial charge in [-0.1, -0.05) is 6.92 Å². The lowest BCUT2D eigenvalue weighted by atomic mass is 10.2. The summed E-state index contributed by atoms with van der Waals surface area (Å²) in [4.78, 5) is 8.73. The molecule has 96 valence electrons. The standard InChI is InChI=1S/C12H22N4O/c1-4-6-10-15-11(13)9(3)12(16-10)14-7-8-17-5-2/h4-8H2,1-3H3,(H3,13,14,15,16). The van der Waals surface area contributed by atoms with Crippen LogP contribution >= 0.6 is 0 Å². The molecule has 5 nitrogen and oxygen atoms in total. The van der Waals surface area contributed by atoms with E-state index >= 15 is 0 Å². The van der Waals surface area contributed by atoms with Gasteiger partial charge in [0, 0.05) is 25.1 Å². The normalized spacial score (nSPS) is 10.5. The van der Waals surface area contributed by atoms with Gasteiger partial charge in [0.25, 0.3) is 0 Å². The molecule has 0 aliphatic carbocycles. The first-order valence-electron chi connectivity index (χ1n) is 6.13. The molecule has 0 unspecified atom stereocenters. The lowest BCUT2D eigenvalue weighted by Crippen LogP contribution is -2.14. The Morgan fingerprint density at radius 2 is 2.06 bits per heavy atom. The van der Waals surface area contributed by atoms with Gasteiger partial charge in [-0.05, 0) is 20.3 Å². The Balaban J connectivity index is 2.68. The zero-order chi connectivity index (χ0) is 12.7. The number of aryl methyl sites for hydroxylation is 1. The van der Waals surface area contributed by atoms with Crippen LogP contribution in [0.2, 0.25) is 0 Å². The lowest BCUT2D eigenvalue weighted by Gasteiger charge is -2.11. The van der Waals surface area contributed by atoms with Crippen molar-refractivity contribution in [2.75, 3.05) is 30.8 Å². The maximum atomic E-state index is 5.86. The van der Waals surface area contributed by atoms with E-state index in [2.05, 4.69) is 22.2 Å². The van der Waals surface area contributed by atoms with E-state index < -0.39 is 0 Å². The number of nitrogens with two attached hydrogens (primary N) is 1. The van der Waals surface area contributed by atoms with Gasteiger partial charge >= 0.3 is 0 Å². The maximum absolute atomic E-state index is 5.86. The third-order valence-electron chi connectivity index (χ3n) is 2.45. The molecule has 1 aromatic rings. The van der Waals surface area contributed by atoms with Crippen molar-refractivity contribution >= 4 is 11.6 Å². The second-order valence-electron chi connectivity index (χ2n) is 3.87. The van der Waals surface area contributed by atoms with Gasteiger partial charge in [0.2, 0.25) is 0 Å². The summed E-state index contributed by atoms with van der Waals surface area (Å²) in [6, 6.07) is 0. The van der Waals surface area contributed by atoms with Crippen molar-refractivity contribution in [1.82, 2.24) is 9.97 Å². The van der Waals surface area contributed by atoms with Gasteiger partial charge in [0.15, 0.2) is 0 Å². The van der Waals surface area contributed by atoms with Crippen molar-refractivity contribution in [1.29, 1.82) is 0 Å². The van der Waals surface area contributed by atoms with Crippen molar-refractivity contribution in [3.8, 4) is 0 Å². The number of aromatic nitrogens is 2. The Morgan fingerprint density at radius 1 is 1.29 bits per heavy atom. The third-order valence-corrected chi connectivity index (χ3v) is 2.45. The van der Waals surface area contributed by atoms with Gasteiger partial charge in [-0.15, -0.1) is 0 Å². The molecule has 3 N–H and O–H groups in total. The SMILES string of the molecule is CCCc1nc(N)c(C)c(NCCOCC)n1. The highest BCUT2D eigenvalue weighted by molar-refractivity contribution is 5.54. The van der Waals surface area contributed by atoms with E-state index in [-0.39, 0.29) is 0 Å². The summed E-state index contributed by atoms with van der Waals surface area (Å²) in [6.45, 7) is 8.14. The van der Waals surface area contributed by atoms with Crippen molar-refractivity contribution in [2.45, 2.75) is 33.6 Å². The molecule has 0 spiro atoms. The van der Waals surface area contributed by atoms with E-state index in [0.29, 0.717) is 12.4 Å². The molecule has 0 amide bonds. The van der Waals surface area contributed by atoms with Crippen LogP contribution in [0.15, 0.2) is 0 Å². The number of rotatable bonds is 7. The second-order valence-corrected chi connectivity index (χ2v) is 3.87. The molecule has 5 heteroatoms. The average molecular weight is 238 g/mol. The van der Waals surface area contributed by atoms with Crippen molar-refractivity contribution < 1.29 is 4.74 Å². The first-order chi connectivity index (χ1) is 8.19. The van der Waals surface area contributed by atoms with E-state index in [1.165, 1.54) is 0 Å². The molecule has 0 saturated heterocycles. The number of nitrogen functional groups attached to an aromatic ring is 1. The molecule has 0 aliphatic heterocycles. The molecule has 0 fully saturated rings. The highest BCUT2D eigenvalue weighted by atomic mass is 16.5. The number of anilines is 2. The first-order valence-corrected chi connectivity index (χ1v) is 6.13. The van der Waals surface area contributed by atoms with Crippen LogP contribution < -0.4 is 11.1 Å². The van der Waals surface area contributed by atoms with Crippen molar-refractivity contribution in [3.63, 3.8) is 0 Å². The van der Waals surface area contributed by atoms with Crippen molar-refractivity contribution in [2.24, 2.45) is 0 Å². The number of nitrogens with one attached hydrogen (secondary N) is 1. The van der Waals surface area contributed by atoms with Crippen LogP contribution in [0.4, 0.5) is 11.6 Å². The number of nitrogens with zero attached hydrogens (tertiary/aromatic N) is 2. The molecule has 0 radical (unpaired) electrons. The minimum atomic E-state index is 0.558. The zero-order valence-electron chi connectivity index (χ0n) is 10.9. The predicted octanol–water partition coefficient (Wildman–Crippen LogP) is 1.77. The van der Waals surface area contributed by atoms with E-state index in [1.807, 2.05) is 13.8 Å². The molecule has 0 atom stereocenters. The number of hydrogen-bond acceptors (Lipinski definition) is 5. The van der Waals surface area contributed by atoms with E-state index in [4.69, 9.17) is 10.5 Å². The Morgan fingerprint density at radius 3 is 2.71 bits per heavy atom. The number of hydrogen-bond donors (Lipinski definition) is 2. The van der Waals surface area contributed by atoms with Crippen LogP contribution in [0.5, 0.6) is 0 Å². The van der Waals surface area contributed by atoms with Gasteiger partial charge < -0.3 is 15.8 Å². The van der Waals surface area contributed by atoms with Gasteiger partial charge in [-0.2, -0.15) is 0 Å².